The highest BCUT2D eigenvalue weighted by atomic mass is 16.2. The Kier molecular flexibility index (Phi) is 3.74. The molecule has 1 heterocycles. The van der Waals surface area contributed by atoms with Gasteiger partial charge in [-0.25, -0.2) is 4.79 Å². The van der Waals surface area contributed by atoms with Crippen molar-refractivity contribution in [3.63, 3.8) is 0 Å². The summed E-state index contributed by atoms with van der Waals surface area (Å²) >= 11 is 0. The number of urea groups is 1. The molecular weight excluding hydrogens is 288 g/mol. The van der Waals surface area contributed by atoms with E-state index in [9.17, 15) is 9.59 Å². The molecule has 1 aliphatic carbocycles. The standard InChI is InChI=1S/C19H26N2O2/c1-13-6-5-7-15(8-13)11-21-16(22)19(20-17(21)23)10-14(2)9-18(3,4)12-19/h5-8,14H,9-12H2,1-4H3,(H,20,23). The molecule has 2 unspecified atom stereocenters. The fourth-order valence-corrected chi connectivity index (χ4v) is 4.64. The van der Waals surface area contributed by atoms with E-state index in [1.54, 1.807) is 0 Å². The maximum Gasteiger partial charge on any atom is 0.325 e. The molecule has 1 saturated carbocycles. The van der Waals surface area contributed by atoms with Crippen molar-refractivity contribution >= 4 is 11.9 Å². The van der Waals surface area contributed by atoms with E-state index in [2.05, 4.69) is 26.1 Å². The van der Waals surface area contributed by atoms with Crippen molar-refractivity contribution in [1.82, 2.24) is 10.2 Å². The van der Waals surface area contributed by atoms with Gasteiger partial charge in [-0.1, -0.05) is 50.6 Å². The second kappa shape index (κ2) is 5.36. The largest absolute Gasteiger partial charge is 0.325 e. The summed E-state index contributed by atoms with van der Waals surface area (Å²) in [7, 11) is 0. The van der Waals surface area contributed by atoms with Crippen LogP contribution in [0.5, 0.6) is 0 Å². The zero-order valence-corrected chi connectivity index (χ0v) is 14.5. The number of nitrogens with one attached hydrogen (secondary N) is 1. The van der Waals surface area contributed by atoms with Gasteiger partial charge in [0.05, 0.1) is 6.54 Å². The SMILES string of the molecule is Cc1cccc(CN2C(=O)NC3(CC(C)CC(C)(C)C3)C2=O)c1. The van der Waals surface area contributed by atoms with E-state index in [0.717, 1.165) is 30.4 Å². The van der Waals surface area contributed by atoms with Crippen LogP contribution in [-0.4, -0.2) is 22.4 Å². The van der Waals surface area contributed by atoms with Crippen molar-refractivity contribution in [2.24, 2.45) is 11.3 Å². The molecule has 1 aliphatic heterocycles. The Labute approximate surface area is 138 Å². The Bertz CT molecular complexity index is 653. The normalized spacial score (nSPS) is 29.9. The topological polar surface area (TPSA) is 49.4 Å². The molecule has 0 radical (unpaired) electrons. The van der Waals surface area contributed by atoms with Gasteiger partial charge in [0.15, 0.2) is 0 Å². The average molecular weight is 314 g/mol. The molecule has 1 N–H and O–H groups in total. The van der Waals surface area contributed by atoms with Gasteiger partial charge in [-0.3, -0.25) is 9.69 Å². The van der Waals surface area contributed by atoms with Crippen LogP contribution in [-0.2, 0) is 11.3 Å². The number of amides is 3. The molecule has 1 aromatic carbocycles. The summed E-state index contributed by atoms with van der Waals surface area (Å²) in [6.07, 6.45) is 2.56. The molecule has 2 atom stereocenters. The van der Waals surface area contributed by atoms with Crippen LogP contribution < -0.4 is 5.32 Å². The third-order valence-corrected chi connectivity index (χ3v) is 5.05. The van der Waals surface area contributed by atoms with E-state index in [1.807, 2.05) is 31.2 Å². The molecule has 1 spiro atoms. The first kappa shape index (κ1) is 16.0. The first-order chi connectivity index (χ1) is 10.7. The predicted molar refractivity (Wildman–Crippen MR) is 89.8 cm³/mol. The first-order valence-corrected chi connectivity index (χ1v) is 8.40. The molecule has 0 aromatic heterocycles. The minimum atomic E-state index is -0.706. The molecule has 2 fully saturated rings. The van der Waals surface area contributed by atoms with E-state index in [4.69, 9.17) is 0 Å². The molecule has 1 aromatic rings. The van der Waals surface area contributed by atoms with Crippen LogP contribution in [0.25, 0.3) is 0 Å². The monoisotopic (exact) mass is 314 g/mol. The Hall–Kier alpha value is -1.84. The van der Waals surface area contributed by atoms with Gasteiger partial charge in [0.25, 0.3) is 5.91 Å². The summed E-state index contributed by atoms with van der Waals surface area (Å²) in [5.74, 6) is 0.380. The fourth-order valence-electron chi connectivity index (χ4n) is 4.64. The summed E-state index contributed by atoms with van der Waals surface area (Å²) in [4.78, 5) is 26.9. The minimum absolute atomic E-state index is 0.0522. The van der Waals surface area contributed by atoms with E-state index in [1.165, 1.54) is 4.90 Å². The van der Waals surface area contributed by atoms with Crippen LogP contribution in [0.15, 0.2) is 24.3 Å². The average Bonchev–Trinajstić information content (AvgIpc) is 2.60. The Morgan fingerprint density at radius 1 is 1.26 bits per heavy atom. The van der Waals surface area contributed by atoms with Gasteiger partial charge < -0.3 is 5.32 Å². The van der Waals surface area contributed by atoms with E-state index in [-0.39, 0.29) is 17.4 Å². The number of hydrogen-bond donors (Lipinski definition) is 1. The summed E-state index contributed by atoms with van der Waals surface area (Å²) in [6, 6.07) is 7.72. The van der Waals surface area contributed by atoms with E-state index >= 15 is 0 Å². The number of carbonyl (C=O) groups excluding carboxylic acids is 2. The Morgan fingerprint density at radius 3 is 2.65 bits per heavy atom. The van der Waals surface area contributed by atoms with Gasteiger partial charge >= 0.3 is 6.03 Å². The van der Waals surface area contributed by atoms with Crippen molar-refractivity contribution in [3.8, 4) is 0 Å². The summed E-state index contributed by atoms with van der Waals surface area (Å²) in [5, 5.41) is 3.03. The molecule has 4 heteroatoms. The highest BCUT2D eigenvalue weighted by Crippen LogP contribution is 2.46. The predicted octanol–water partition coefficient (Wildman–Crippen LogP) is 3.63. The Balaban J connectivity index is 1.85. The molecule has 3 amide bonds. The number of nitrogens with zero attached hydrogens (tertiary/aromatic N) is 1. The lowest BCUT2D eigenvalue weighted by atomic mass is 9.64. The van der Waals surface area contributed by atoms with E-state index in [0.29, 0.717) is 12.5 Å². The highest BCUT2D eigenvalue weighted by molar-refractivity contribution is 6.07. The fraction of sp³-hybridized carbons (Fsp3) is 0.579. The van der Waals surface area contributed by atoms with Gasteiger partial charge in [0, 0.05) is 0 Å². The van der Waals surface area contributed by atoms with Gasteiger partial charge in [0.2, 0.25) is 0 Å². The minimum Gasteiger partial charge on any atom is -0.323 e. The summed E-state index contributed by atoms with van der Waals surface area (Å²) in [6.45, 7) is 8.91. The molecule has 23 heavy (non-hydrogen) atoms. The van der Waals surface area contributed by atoms with Crippen LogP contribution in [0.1, 0.15) is 51.2 Å². The van der Waals surface area contributed by atoms with Crippen molar-refractivity contribution in [3.05, 3.63) is 35.4 Å². The van der Waals surface area contributed by atoms with Gasteiger partial charge in [-0.15, -0.1) is 0 Å². The zero-order valence-electron chi connectivity index (χ0n) is 14.5. The van der Waals surface area contributed by atoms with Crippen LogP contribution in [0.2, 0.25) is 0 Å². The lowest BCUT2D eigenvalue weighted by Gasteiger charge is -2.43. The van der Waals surface area contributed by atoms with Crippen molar-refractivity contribution in [1.29, 1.82) is 0 Å². The van der Waals surface area contributed by atoms with Crippen LogP contribution in [0.4, 0.5) is 4.79 Å². The second-order valence-electron chi connectivity index (χ2n) is 8.25. The quantitative estimate of drug-likeness (QED) is 0.847. The van der Waals surface area contributed by atoms with Gasteiger partial charge in [-0.05, 0) is 43.1 Å². The summed E-state index contributed by atoms with van der Waals surface area (Å²) in [5.41, 5.74) is 1.49. The highest BCUT2D eigenvalue weighted by Gasteiger charge is 2.55. The number of benzene rings is 1. The van der Waals surface area contributed by atoms with Crippen LogP contribution in [0, 0.1) is 18.3 Å². The first-order valence-electron chi connectivity index (χ1n) is 8.40. The molecule has 3 rings (SSSR count). The Morgan fingerprint density at radius 2 is 2.00 bits per heavy atom. The van der Waals surface area contributed by atoms with Crippen molar-refractivity contribution in [2.75, 3.05) is 0 Å². The lowest BCUT2D eigenvalue weighted by Crippen LogP contribution is -2.54. The number of aryl methyl sites for hydroxylation is 1. The van der Waals surface area contributed by atoms with Gasteiger partial charge in [-0.2, -0.15) is 0 Å². The maximum atomic E-state index is 13.1. The second-order valence-corrected chi connectivity index (χ2v) is 8.25. The third kappa shape index (κ3) is 2.99. The summed E-state index contributed by atoms with van der Waals surface area (Å²) < 4.78 is 0. The van der Waals surface area contributed by atoms with E-state index < -0.39 is 5.54 Å². The maximum absolute atomic E-state index is 13.1. The number of imide groups is 1. The van der Waals surface area contributed by atoms with Crippen molar-refractivity contribution in [2.45, 2.75) is 59.0 Å². The molecule has 4 nitrogen and oxygen atoms in total. The van der Waals surface area contributed by atoms with Crippen LogP contribution >= 0.6 is 0 Å². The molecule has 1 saturated heterocycles. The zero-order chi connectivity index (χ0) is 16.8. The third-order valence-electron chi connectivity index (χ3n) is 5.05. The molecule has 2 aliphatic rings. The number of rotatable bonds is 2. The molecular formula is C19H26N2O2. The molecule has 124 valence electrons. The van der Waals surface area contributed by atoms with Crippen LogP contribution in [0.3, 0.4) is 0 Å². The number of hydrogen-bond acceptors (Lipinski definition) is 2. The number of carbonyl (C=O) groups is 2. The smallest absolute Gasteiger partial charge is 0.323 e. The van der Waals surface area contributed by atoms with Gasteiger partial charge in [0.1, 0.15) is 5.54 Å². The van der Waals surface area contributed by atoms with Crippen molar-refractivity contribution < 1.29 is 9.59 Å². The molecule has 0 bridgehead atoms. The lowest BCUT2D eigenvalue weighted by molar-refractivity contribution is -0.135.